The minimum absolute atomic E-state index is 0.0106. The van der Waals surface area contributed by atoms with E-state index in [2.05, 4.69) is 12.0 Å². The first-order valence-electron chi connectivity index (χ1n) is 12.6. The third kappa shape index (κ3) is 3.47. The summed E-state index contributed by atoms with van der Waals surface area (Å²) in [6.07, 6.45) is 7.08. The lowest BCUT2D eigenvalue weighted by molar-refractivity contribution is -0.207. The lowest BCUT2D eigenvalue weighted by atomic mass is 9.43. The van der Waals surface area contributed by atoms with Crippen LogP contribution in [0.2, 0.25) is 0 Å². The Morgan fingerprint density at radius 3 is 2.70 bits per heavy atom. The van der Waals surface area contributed by atoms with Crippen LogP contribution in [-0.4, -0.2) is 32.7 Å². The van der Waals surface area contributed by atoms with Crippen LogP contribution in [0, 0.1) is 51.8 Å². The second-order valence-corrected chi connectivity index (χ2v) is 11.9. The molecule has 1 aromatic rings. The van der Waals surface area contributed by atoms with Gasteiger partial charge in [0.15, 0.2) is 5.78 Å². The van der Waals surface area contributed by atoms with Crippen molar-refractivity contribution < 1.29 is 18.7 Å². The number of nitrogens with zero attached hydrogens (tertiary/aromatic N) is 3. The smallest absolute Gasteiger partial charge is 0.244 e. The first kappa shape index (κ1) is 23.0. The number of nitriles is 1. The van der Waals surface area contributed by atoms with Crippen LogP contribution in [0.1, 0.15) is 77.2 Å². The Balaban J connectivity index is 1.38. The Morgan fingerprint density at radius 1 is 1.21 bits per heavy atom. The van der Waals surface area contributed by atoms with Crippen molar-refractivity contribution in [3.8, 4) is 6.07 Å². The van der Waals surface area contributed by atoms with Crippen LogP contribution in [-0.2, 0) is 11.3 Å². The lowest BCUT2D eigenvalue weighted by Crippen LogP contribution is -2.59. The van der Waals surface area contributed by atoms with Gasteiger partial charge in [-0.1, -0.05) is 6.92 Å². The maximum atomic E-state index is 14.8. The Hall–Kier alpha value is -1.81. The molecule has 4 aliphatic rings. The average Bonchev–Trinajstić information content (AvgIpc) is 3.36. The summed E-state index contributed by atoms with van der Waals surface area (Å²) in [5.74, 6) is 0.493. The molecule has 180 valence electrons. The molecule has 4 saturated carbocycles. The number of Topliss-reactive ketones (excluding diaryl/α,β-unsaturated/α-hetero) is 1. The average molecular weight is 460 g/mol. The van der Waals surface area contributed by atoms with Gasteiger partial charge in [0.25, 0.3) is 0 Å². The standard InChI is InChI=1S/C26H35F2N3O2/c1-24(33)9-10-26(23(27)28)17(11-24)3-4-18-19-5-6-21(25(19,2)8-7-20(18)26)22(32)15-31-14-16(12-29)13-30-31/h13-14,17-21,23,33H,3-11,15H2,1-2H3/t17-,18+,19+,20+,21-,24-,25+,26?/m1/s1. The molecule has 1 unspecified atom stereocenters. The van der Waals surface area contributed by atoms with E-state index < -0.39 is 17.4 Å². The predicted molar refractivity (Wildman–Crippen MR) is 118 cm³/mol. The molecule has 0 spiro atoms. The molecule has 1 aromatic heterocycles. The van der Waals surface area contributed by atoms with Crippen molar-refractivity contribution in [1.82, 2.24) is 9.78 Å². The fraction of sp³-hybridized carbons (Fsp3) is 0.808. The maximum absolute atomic E-state index is 14.8. The zero-order valence-corrected chi connectivity index (χ0v) is 19.6. The summed E-state index contributed by atoms with van der Waals surface area (Å²) in [5.41, 5.74) is -1.52. The van der Waals surface area contributed by atoms with Crippen molar-refractivity contribution in [2.24, 2.45) is 40.4 Å². The molecular formula is C26H35F2N3O2. The molecular weight excluding hydrogens is 424 g/mol. The SMILES string of the molecule is C[C@@]1(O)CCC2(C(F)F)[C@H](CC[C@@H]3[C@@H]2CC[C@]2(C)[C@@H](C(=O)Cn4cc(C#N)cn4)CC[C@@H]32)C1. The fourth-order valence-electron chi connectivity index (χ4n) is 8.88. The largest absolute Gasteiger partial charge is 0.390 e. The summed E-state index contributed by atoms with van der Waals surface area (Å²) in [6.45, 7) is 4.19. The molecule has 7 heteroatoms. The molecule has 0 amide bonds. The highest BCUT2D eigenvalue weighted by atomic mass is 19.3. The monoisotopic (exact) mass is 459 g/mol. The van der Waals surface area contributed by atoms with Crippen LogP contribution in [0.4, 0.5) is 8.78 Å². The van der Waals surface area contributed by atoms with Crippen LogP contribution in [0.25, 0.3) is 0 Å². The molecule has 4 fully saturated rings. The van der Waals surface area contributed by atoms with E-state index in [1.54, 1.807) is 17.8 Å². The summed E-state index contributed by atoms with van der Waals surface area (Å²) in [6, 6.07) is 2.04. The highest BCUT2D eigenvalue weighted by Gasteiger charge is 2.65. The van der Waals surface area contributed by atoms with Gasteiger partial charge < -0.3 is 5.11 Å². The van der Waals surface area contributed by atoms with Crippen LogP contribution >= 0.6 is 0 Å². The number of aliphatic hydroxyl groups is 1. The first-order chi connectivity index (χ1) is 15.6. The quantitative estimate of drug-likeness (QED) is 0.689. The van der Waals surface area contributed by atoms with Crippen LogP contribution < -0.4 is 0 Å². The normalized spacial score (nSPS) is 44.6. The Morgan fingerprint density at radius 2 is 2.00 bits per heavy atom. The Kier molecular flexibility index (Phi) is 5.47. The first-order valence-corrected chi connectivity index (χ1v) is 12.6. The summed E-state index contributed by atoms with van der Waals surface area (Å²) in [7, 11) is 0. The third-order valence-electron chi connectivity index (χ3n) is 10.4. The molecule has 8 atom stereocenters. The van der Waals surface area contributed by atoms with E-state index in [-0.39, 0.29) is 41.4 Å². The van der Waals surface area contributed by atoms with E-state index in [0.717, 1.165) is 38.5 Å². The van der Waals surface area contributed by atoms with Gasteiger partial charge in [0.2, 0.25) is 6.43 Å². The van der Waals surface area contributed by atoms with Gasteiger partial charge in [-0.2, -0.15) is 10.4 Å². The van der Waals surface area contributed by atoms with Gasteiger partial charge in [0, 0.05) is 17.5 Å². The second-order valence-electron chi connectivity index (χ2n) is 11.9. The van der Waals surface area contributed by atoms with E-state index in [9.17, 15) is 18.7 Å². The third-order valence-corrected chi connectivity index (χ3v) is 10.4. The molecule has 33 heavy (non-hydrogen) atoms. The zero-order chi connectivity index (χ0) is 23.6. The molecule has 1 heterocycles. The van der Waals surface area contributed by atoms with Gasteiger partial charge in [-0.3, -0.25) is 9.48 Å². The number of rotatable bonds is 4. The summed E-state index contributed by atoms with van der Waals surface area (Å²) in [5, 5.41) is 23.8. The molecule has 4 aliphatic carbocycles. The number of fused-ring (bicyclic) bond motifs is 5. The second kappa shape index (κ2) is 7.86. The van der Waals surface area contributed by atoms with Crippen molar-refractivity contribution in [3.05, 3.63) is 18.0 Å². The molecule has 0 bridgehead atoms. The predicted octanol–water partition coefficient (Wildman–Crippen LogP) is 4.98. The number of hydrogen-bond acceptors (Lipinski definition) is 4. The van der Waals surface area contributed by atoms with Gasteiger partial charge in [0.1, 0.15) is 6.07 Å². The molecule has 0 radical (unpaired) electrons. The van der Waals surface area contributed by atoms with Crippen molar-refractivity contribution in [2.75, 3.05) is 0 Å². The lowest BCUT2D eigenvalue weighted by Gasteiger charge is -2.62. The molecule has 0 aromatic carbocycles. The van der Waals surface area contributed by atoms with Crippen LogP contribution in [0.3, 0.4) is 0 Å². The van der Waals surface area contributed by atoms with E-state index in [4.69, 9.17) is 5.26 Å². The number of ketones is 1. The minimum Gasteiger partial charge on any atom is -0.390 e. The highest BCUT2D eigenvalue weighted by molar-refractivity contribution is 5.82. The van der Waals surface area contributed by atoms with E-state index >= 15 is 0 Å². The van der Waals surface area contributed by atoms with E-state index in [1.165, 1.54) is 6.20 Å². The Labute approximate surface area is 194 Å². The molecule has 0 aliphatic heterocycles. The van der Waals surface area contributed by atoms with Crippen molar-refractivity contribution in [3.63, 3.8) is 0 Å². The number of carbonyl (C=O) groups is 1. The number of aromatic nitrogens is 2. The summed E-state index contributed by atoms with van der Waals surface area (Å²) < 4.78 is 31.2. The van der Waals surface area contributed by atoms with Gasteiger partial charge >= 0.3 is 0 Å². The molecule has 5 nitrogen and oxygen atoms in total. The zero-order valence-electron chi connectivity index (χ0n) is 19.6. The van der Waals surface area contributed by atoms with Gasteiger partial charge in [-0.25, -0.2) is 8.78 Å². The summed E-state index contributed by atoms with van der Waals surface area (Å²) >= 11 is 0. The van der Waals surface area contributed by atoms with Gasteiger partial charge in [0.05, 0.1) is 23.9 Å². The van der Waals surface area contributed by atoms with E-state index in [1.807, 2.05) is 6.07 Å². The van der Waals surface area contributed by atoms with Gasteiger partial charge in [-0.05, 0) is 93.8 Å². The number of hydrogen-bond donors (Lipinski definition) is 1. The fourth-order valence-corrected chi connectivity index (χ4v) is 8.88. The van der Waals surface area contributed by atoms with Crippen molar-refractivity contribution in [2.45, 2.75) is 90.2 Å². The van der Waals surface area contributed by atoms with Gasteiger partial charge in [-0.15, -0.1) is 0 Å². The van der Waals surface area contributed by atoms with Crippen LogP contribution in [0.5, 0.6) is 0 Å². The maximum Gasteiger partial charge on any atom is 0.244 e. The van der Waals surface area contributed by atoms with Crippen molar-refractivity contribution in [1.29, 1.82) is 5.26 Å². The molecule has 5 rings (SSSR count). The van der Waals surface area contributed by atoms with Crippen LogP contribution in [0.15, 0.2) is 12.4 Å². The topological polar surface area (TPSA) is 78.9 Å². The number of halogens is 2. The Bertz CT molecular complexity index is 969. The molecule has 1 N–H and O–H groups in total. The molecule has 0 saturated heterocycles. The number of alkyl halides is 2. The number of carbonyl (C=O) groups excluding carboxylic acids is 1. The minimum atomic E-state index is -2.36. The highest BCUT2D eigenvalue weighted by Crippen LogP contribution is 2.69. The summed E-state index contributed by atoms with van der Waals surface area (Å²) in [4.78, 5) is 13.3. The van der Waals surface area contributed by atoms with E-state index in [0.29, 0.717) is 30.7 Å². The van der Waals surface area contributed by atoms with Crippen molar-refractivity contribution >= 4 is 5.78 Å².